The van der Waals surface area contributed by atoms with E-state index in [2.05, 4.69) is 17.3 Å². The number of rotatable bonds is 7. The summed E-state index contributed by atoms with van der Waals surface area (Å²) < 4.78 is 27.1. The number of imide groups is 1. The van der Waals surface area contributed by atoms with Crippen molar-refractivity contribution in [1.82, 2.24) is 20.0 Å². The molecule has 4 rings (SSSR count). The Balaban J connectivity index is 1.42. The first kappa shape index (κ1) is 24.6. The number of halogens is 2. The van der Waals surface area contributed by atoms with E-state index >= 15 is 0 Å². The molecule has 0 bridgehead atoms. The van der Waals surface area contributed by atoms with E-state index in [-0.39, 0.29) is 23.4 Å². The van der Waals surface area contributed by atoms with Crippen LogP contribution in [-0.4, -0.2) is 77.4 Å². The Kier molecular flexibility index (Phi) is 7.21. The molecule has 0 spiro atoms. The molecule has 3 fully saturated rings. The van der Waals surface area contributed by atoms with Gasteiger partial charge in [0.05, 0.1) is 0 Å². The van der Waals surface area contributed by atoms with Crippen LogP contribution in [0.1, 0.15) is 62.2 Å². The molecule has 2 atom stereocenters. The molecule has 0 unspecified atom stereocenters. The van der Waals surface area contributed by atoms with Crippen molar-refractivity contribution in [3.63, 3.8) is 0 Å². The minimum atomic E-state index is -0.951. The van der Waals surface area contributed by atoms with Gasteiger partial charge >= 0.3 is 6.03 Å². The second kappa shape index (κ2) is 9.98. The molecule has 1 N–H and O–H groups in total. The molecule has 0 aromatic heterocycles. The van der Waals surface area contributed by atoms with Gasteiger partial charge in [0, 0.05) is 37.3 Å². The number of hydrogen-bond acceptors (Lipinski definition) is 4. The summed E-state index contributed by atoms with van der Waals surface area (Å²) in [5.41, 5.74) is -0.972. The van der Waals surface area contributed by atoms with Gasteiger partial charge < -0.3 is 15.1 Å². The molecule has 1 aromatic carbocycles. The highest BCUT2D eigenvalue weighted by atomic mass is 19.1. The number of likely N-dealkylation sites (tertiary alicyclic amines) is 2. The minimum Gasteiger partial charge on any atom is -0.339 e. The molecular formula is C25H34F2N4O3. The molecule has 3 heterocycles. The van der Waals surface area contributed by atoms with E-state index in [1.807, 2.05) is 6.92 Å². The van der Waals surface area contributed by atoms with Crippen LogP contribution in [-0.2, 0) is 4.79 Å². The third kappa shape index (κ3) is 4.67. The van der Waals surface area contributed by atoms with Crippen LogP contribution in [0, 0.1) is 17.6 Å². The highest BCUT2D eigenvalue weighted by molar-refractivity contribution is 6.07. The van der Waals surface area contributed by atoms with Gasteiger partial charge in [-0.1, -0.05) is 13.3 Å². The summed E-state index contributed by atoms with van der Waals surface area (Å²) in [7, 11) is 2.08. The highest BCUT2D eigenvalue weighted by Crippen LogP contribution is 2.37. The SMILES string of the molecule is CCC[C@@]1(C2CCN(C(=O)c3cc(F)cc(F)c3)CC2)NC(=O)N(CC[C@H]2CCCN2C)C1=O. The summed E-state index contributed by atoms with van der Waals surface area (Å²) in [5.74, 6) is -2.26. The van der Waals surface area contributed by atoms with E-state index in [4.69, 9.17) is 0 Å². The summed E-state index contributed by atoms with van der Waals surface area (Å²) in [4.78, 5) is 44.5. The predicted octanol–water partition coefficient (Wildman–Crippen LogP) is 3.39. The molecular weight excluding hydrogens is 442 g/mol. The zero-order valence-corrected chi connectivity index (χ0v) is 20.0. The second-order valence-corrected chi connectivity index (χ2v) is 9.90. The van der Waals surface area contributed by atoms with Crippen LogP contribution in [0.2, 0.25) is 0 Å². The van der Waals surface area contributed by atoms with Crippen LogP contribution in [0.15, 0.2) is 18.2 Å². The largest absolute Gasteiger partial charge is 0.339 e. The van der Waals surface area contributed by atoms with Gasteiger partial charge in [0.25, 0.3) is 11.8 Å². The van der Waals surface area contributed by atoms with E-state index in [9.17, 15) is 23.2 Å². The minimum absolute atomic E-state index is 0.0208. The fourth-order valence-electron chi connectivity index (χ4n) is 5.95. The van der Waals surface area contributed by atoms with Gasteiger partial charge in [0.15, 0.2) is 0 Å². The molecule has 4 amide bonds. The number of carbonyl (C=O) groups is 3. The molecule has 0 radical (unpaired) electrons. The standard InChI is InChI=1S/C25H34F2N4O3/c1-3-9-25(23(33)31(24(34)28-25)13-8-21-5-4-10-29(21)2)18-6-11-30(12-7-18)22(32)17-14-19(26)16-20(27)15-17/h14-16,18,21H,3-13H2,1-2H3,(H,28,34)/t21-,25+/m1/s1. The number of benzene rings is 1. The quantitative estimate of drug-likeness (QED) is 0.613. The molecule has 186 valence electrons. The van der Waals surface area contributed by atoms with Gasteiger partial charge in [-0.3, -0.25) is 14.5 Å². The van der Waals surface area contributed by atoms with Crippen LogP contribution in [0.4, 0.5) is 13.6 Å². The Hall–Kier alpha value is -2.55. The van der Waals surface area contributed by atoms with Crippen LogP contribution in [0.5, 0.6) is 0 Å². The Morgan fingerprint density at radius 2 is 1.76 bits per heavy atom. The van der Waals surface area contributed by atoms with Crippen molar-refractivity contribution in [1.29, 1.82) is 0 Å². The van der Waals surface area contributed by atoms with Crippen LogP contribution in [0.25, 0.3) is 0 Å². The van der Waals surface area contributed by atoms with E-state index in [0.717, 1.165) is 50.4 Å². The lowest BCUT2D eigenvalue weighted by Crippen LogP contribution is -2.56. The topological polar surface area (TPSA) is 73.0 Å². The van der Waals surface area contributed by atoms with Crippen molar-refractivity contribution in [3.05, 3.63) is 35.4 Å². The maximum absolute atomic E-state index is 13.6. The second-order valence-electron chi connectivity index (χ2n) is 9.90. The maximum atomic E-state index is 13.6. The lowest BCUT2D eigenvalue weighted by atomic mass is 9.74. The van der Waals surface area contributed by atoms with Crippen LogP contribution in [0.3, 0.4) is 0 Å². The summed E-state index contributed by atoms with van der Waals surface area (Å²) >= 11 is 0. The Bertz CT molecular complexity index is 930. The average molecular weight is 477 g/mol. The van der Waals surface area contributed by atoms with E-state index < -0.39 is 23.1 Å². The first-order valence-electron chi connectivity index (χ1n) is 12.3. The lowest BCUT2D eigenvalue weighted by molar-refractivity contribution is -0.134. The molecule has 0 saturated carbocycles. The Morgan fingerprint density at radius 1 is 1.09 bits per heavy atom. The fraction of sp³-hybridized carbons (Fsp3) is 0.640. The number of urea groups is 1. The molecule has 1 aromatic rings. The van der Waals surface area contributed by atoms with Crippen molar-refractivity contribution in [3.8, 4) is 0 Å². The molecule has 9 heteroatoms. The summed E-state index contributed by atoms with van der Waals surface area (Å²) in [6.45, 7) is 4.18. The lowest BCUT2D eigenvalue weighted by Gasteiger charge is -2.41. The summed E-state index contributed by atoms with van der Waals surface area (Å²) in [5, 5.41) is 3.04. The number of carbonyl (C=O) groups excluding carboxylic acids is 3. The first-order chi connectivity index (χ1) is 16.2. The Labute approximate surface area is 199 Å². The molecule has 3 aliphatic rings. The van der Waals surface area contributed by atoms with Crippen LogP contribution < -0.4 is 5.32 Å². The van der Waals surface area contributed by atoms with Crippen molar-refractivity contribution in [2.24, 2.45) is 5.92 Å². The van der Waals surface area contributed by atoms with Crippen molar-refractivity contribution in [2.75, 3.05) is 33.2 Å². The maximum Gasteiger partial charge on any atom is 0.325 e. The normalized spacial score (nSPS) is 26.4. The van der Waals surface area contributed by atoms with Crippen molar-refractivity contribution < 1.29 is 23.2 Å². The average Bonchev–Trinajstić information content (AvgIpc) is 3.32. The van der Waals surface area contributed by atoms with Crippen molar-refractivity contribution >= 4 is 17.8 Å². The van der Waals surface area contributed by atoms with Crippen LogP contribution >= 0.6 is 0 Å². The number of nitrogens with zero attached hydrogens (tertiary/aromatic N) is 3. The molecule has 34 heavy (non-hydrogen) atoms. The Morgan fingerprint density at radius 3 is 2.35 bits per heavy atom. The van der Waals surface area contributed by atoms with Gasteiger partial charge in [-0.2, -0.15) is 0 Å². The monoisotopic (exact) mass is 476 g/mol. The van der Waals surface area contributed by atoms with E-state index in [0.29, 0.717) is 44.9 Å². The molecule has 0 aliphatic carbocycles. The predicted molar refractivity (Wildman–Crippen MR) is 123 cm³/mol. The third-order valence-electron chi connectivity index (χ3n) is 7.79. The third-order valence-corrected chi connectivity index (χ3v) is 7.79. The smallest absolute Gasteiger partial charge is 0.325 e. The summed E-state index contributed by atoms with van der Waals surface area (Å²) in [6, 6.07) is 2.88. The van der Waals surface area contributed by atoms with Gasteiger partial charge in [-0.25, -0.2) is 13.6 Å². The van der Waals surface area contributed by atoms with Gasteiger partial charge in [-0.05, 0) is 70.2 Å². The number of piperidine rings is 1. The number of hydrogen-bond donors (Lipinski definition) is 1. The first-order valence-corrected chi connectivity index (χ1v) is 12.3. The van der Waals surface area contributed by atoms with Gasteiger partial charge in [-0.15, -0.1) is 0 Å². The van der Waals surface area contributed by atoms with Crippen molar-refractivity contribution in [2.45, 2.75) is 63.5 Å². The molecule has 3 aliphatic heterocycles. The number of nitrogens with one attached hydrogen (secondary N) is 1. The molecule has 3 saturated heterocycles. The fourth-order valence-corrected chi connectivity index (χ4v) is 5.95. The number of amides is 4. The molecule has 7 nitrogen and oxygen atoms in total. The van der Waals surface area contributed by atoms with Gasteiger partial charge in [0.1, 0.15) is 17.2 Å². The van der Waals surface area contributed by atoms with E-state index in [1.165, 1.54) is 4.90 Å². The zero-order chi connectivity index (χ0) is 24.5. The summed E-state index contributed by atoms with van der Waals surface area (Å²) in [6.07, 6.45) is 5.36. The highest BCUT2D eigenvalue weighted by Gasteiger charge is 2.55. The van der Waals surface area contributed by atoms with E-state index in [1.54, 1.807) is 4.90 Å². The van der Waals surface area contributed by atoms with Gasteiger partial charge in [0.2, 0.25) is 0 Å². The zero-order valence-electron chi connectivity index (χ0n) is 20.0.